The van der Waals surface area contributed by atoms with E-state index in [1.165, 1.54) is 11.1 Å². The first-order valence-corrected chi connectivity index (χ1v) is 8.53. The SMILES string of the molecule is CC1=C(C(C)C)CC2C3C1Oc1ccccc1C3OC2(C)C. The van der Waals surface area contributed by atoms with E-state index in [-0.39, 0.29) is 17.8 Å². The predicted octanol–water partition coefficient (Wildman–Crippen LogP) is 4.91. The van der Waals surface area contributed by atoms with Crippen LogP contribution in [0.5, 0.6) is 5.75 Å². The Kier molecular flexibility index (Phi) is 3.00. The fourth-order valence-corrected chi connectivity index (χ4v) is 4.88. The molecule has 4 atom stereocenters. The van der Waals surface area contributed by atoms with Crippen LogP contribution in [0.15, 0.2) is 35.4 Å². The van der Waals surface area contributed by atoms with E-state index in [0.717, 1.165) is 12.2 Å². The van der Waals surface area contributed by atoms with Crippen LogP contribution in [0.3, 0.4) is 0 Å². The van der Waals surface area contributed by atoms with Crippen molar-refractivity contribution in [3.8, 4) is 5.75 Å². The van der Waals surface area contributed by atoms with E-state index in [4.69, 9.17) is 9.47 Å². The Labute approximate surface area is 133 Å². The zero-order valence-electron chi connectivity index (χ0n) is 14.2. The smallest absolute Gasteiger partial charge is 0.126 e. The molecule has 0 bridgehead atoms. The molecule has 22 heavy (non-hydrogen) atoms. The minimum Gasteiger partial charge on any atom is -0.485 e. The van der Waals surface area contributed by atoms with Gasteiger partial charge in [0.1, 0.15) is 11.9 Å². The van der Waals surface area contributed by atoms with Crippen molar-refractivity contribution >= 4 is 0 Å². The zero-order valence-corrected chi connectivity index (χ0v) is 14.2. The number of benzene rings is 1. The van der Waals surface area contributed by atoms with Gasteiger partial charge in [-0.15, -0.1) is 0 Å². The second kappa shape index (κ2) is 4.61. The maximum atomic E-state index is 6.56. The first-order chi connectivity index (χ1) is 10.4. The molecule has 0 spiro atoms. The second-order valence-corrected chi connectivity index (χ2v) is 7.97. The predicted molar refractivity (Wildman–Crippen MR) is 87.9 cm³/mol. The van der Waals surface area contributed by atoms with Crippen molar-refractivity contribution in [1.82, 2.24) is 0 Å². The van der Waals surface area contributed by atoms with Crippen LogP contribution in [0, 0.1) is 17.8 Å². The van der Waals surface area contributed by atoms with E-state index in [9.17, 15) is 0 Å². The first kappa shape index (κ1) is 14.3. The van der Waals surface area contributed by atoms with Crippen LogP contribution in [0.4, 0.5) is 0 Å². The van der Waals surface area contributed by atoms with Crippen LogP contribution in [0.1, 0.15) is 52.7 Å². The Hall–Kier alpha value is -1.28. The van der Waals surface area contributed by atoms with Crippen molar-refractivity contribution in [2.75, 3.05) is 0 Å². The summed E-state index contributed by atoms with van der Waals surface area (Å²) in [5.74, 6) is 2.58. The van der Waals surface area contributed by atoms with Crippen molar-refractivity contribution in [2.24, 2.45) is 17.8 Å². The third-order valence-electron chi connectivity index (χ3n) is 6.04. The largest absolute Gasteiger partial charge is 0.485 e. The quantitative estimate of drug-likeness (QED) is 0.686. The summed E-state index contributed by atoms with van der Waals surface area (Å²) < 4.78 is 13.0. The summed E-state index contributed by atoms with van der Waals surface area (Å²) in [6.45, 7) is 11.4. The van der Waals surface area contributed by atoms with E-state index in [1.807, 2.05) is 0 Å². The minimum absolute atomic E-state index is 0.0881. The molecule has 2 aliphatic heterocycles. The number of fused-ring (bicyclic) bond motifs is 2. The van der Waals surface area contributed by atoms with Crippen LogP contribution in [0.2, 0.25) is 0 Å². The third-order valence-corrected chi connectivity index (χ3v) is 6.04. The molecule has 1 saturated heterocycles. The van der Waals surface area contributed by atoms with Gasteiger partial charge < -0.3 is 9.47 Å². The van der Waals surface area contributed by atoms with Gasteiger partial charge in [0.2, 0.25) is 0 Å². The molecule has 2 nitrogen and oxygen atoms in total. The van der Waals surface area contributed by atoms with E-state index in [2.05, 4.69) is 58.9 Å². The van der Waals surface area contributed by atoms with Gasteiger partial charge in [-0.3, -0.25) is 0 Å². The van der Waals surface area contributed by atoms with Gasteiger partial charge in [-0.1, -0.05) is 37.6 Å². The van der Waals surface area contributed by atoms with Gasteiger partial charge in [0.15, 0.2) is 0 Å². The van der Waals surface area contributed by atoms with Gasteiger partial charge in [0.05, 0.1) is 11.7 Å². The van der Waals surface area contributed by atoms with Gasteiger partial charge in [-0.2, -0.15) is 0 Å². The lowest BCUT2D eigenvalue weighted by atomic mass is 9.65. The van der Waals surface area contributed by atoms with Crippen molar-refractivity contribution in [2.45, 2.75) is 58.8 Å². The highest BCUT2D eigenvalue weighted by Crippen LogP contribution is 2.59. The van der Waals surface area contributed by atoms with E-state index in [0.29, 0.717) is 17.8 Å². The lowest BCUT2D eigenvalue weighted by Gasteiger charge is -2.43. The molecule has 1 aromatic carbocycles. The highest BCUT2D eigenvalue weighted by Gasteiger charge is 2.58. The van der Waals surface area contributed by atoms with Gasteiger partial charge in [-0.25, -0.2) is 0 Å². The Balaban J connectivity index is 1.88. The molecule has 4 rings (SSSR count). The Morgan fingerprint density at radius 3 is 2.59 bits per heavy atom. The number of rotatable bonds is 1. The van der Waals surface area contributed by atoms with Crippen molar-refractivity contribution < 1.29 is 9.47 Å². The first-order valence-electron chi connectivity index (χ1n) is 8.53. The Bertz CT molecular complexity index is 641. The van der Waals surface area contributed by atoms with Crippen molar-refractivity contribution in [3.05, 3.63) is 41.0 Å². The summed E-state index contributed by atoms with van der Waals surface area (Å²) in [6, 6.07) is 8.41. The number of allylic oxidation sites excluding steroid dienone is 1. The average molecular weight is 298 g/mol. The second-order valence-electron chi connectivity index (χ2n) is 7.97. The maximum absolute atomic E-state index is 6.56. The van der Waals surface area contributed by atoms with Crippen LogP contribution >= 0.6 is 0 Å². The maximum Gasteiger partial charge on any atom is 0.126 e. The molecule has 0 aromatic heterocycles. The third kappa shape index (κ3) is 1.83. The molecule has 1 aromatic rings. The van der Waals surface area contributed by atoms with Crippen LogP contribution in [0.25, 0.3) is 0 Å². The fraction of sp³-hybridized carbons (Fsp3) is 0.600. The molecule has 1 aliphatic carbocycles. The summed E-state index contributed by atoms with van der Waals surface area (Å²) in [4.78, 5) is 0. The van der Waals surface area contributed by atoms with Gasteiger partial charge in [0.25, 0.3) is 0 Å². The Morgan fingerprint density at radius 2 is 1.86 bits per heavy atom. The van der Waals surface area contributed by atoms with E-state index in [1.54, 1.807) is 5.57 Å². The number of para-hydroxylation sites is 1. The van der Waals surface area contributed by atoms with Crippen molar-refractivity contribution in [1.29, 1.82) is 0 Å². The Morgan fingerprint density at radius 1 is 1.14 bits per heavy atom. The molecule has 0 saturated carbocycles. The van der Waals surface area contributed by atoms with Gasteiger partial charge in [0, 0.05) is 17.4 Å². The molecule has 0 N–H and O–H groups in total. The highest BCUT2D eigenvalue weighted by atomic mass is 16.5. The summed E-state index contributed by atoms with van der Waals surface area (Å²) in [5.41, 5.74) is 4.16. The standard InChI is InChI=1S/C20H26O2/c1-11(2)14-10-15-17-18(12(14)3)21-16-9-7-6-8-13(16)19(17)22-20(15,4)5/h6-9,11,15,17-19H,10H2,1-5H3. The van der Waals surface area contributed by atoms with Gasteiger partial charge >= 0.3 is 0 Å². The molecule has 3 aliphatic rings. The van der Waals surface area contributed by atoms with Crippen LogP contribution in [-0.2, 0) is 4.74 Å². The number of hydrogen-bond acceptors (Lipinski definition) is 2. The fourth-order valence-electron chi connectivity index (χ4n) is 4.88. The molecular formula is C20H26O2. The van der Waals surface area contributed by atoms with E-state index < -0.39 is 0 Å². The molecule has 1 fully saturated rings. The van der Waals surface area contributed by atoms with Crippen LogP contribution in [-0.4, -0.2) is 11.7 Å². The normalized spacial score (nSPS) is 35.2. The summed E-state index contributed by atoms with van der Waals surface area (Å²) in [5, 5.41) is 0. The molecule has 0 radical (unpaired) electrons. The lowest BCUT2D eigenvalue weighted by Crippen LogP contribution is -2.44. The lowest BCUT2D eigenvalue weighted by molar-refractivity contribution is -0.0422. The van der Waals surface area contributed by atoms with Crippen LogP contribution < -0.4 is 4.74 Å². The molecule has 0 amide bonds. The molecule has 118 valence electrons. The monoisotopic (exact) mass is 298 g/mol. The van der Waals surface area contributed by atoms with E-state index >= 15 is 0 Å². The molecule has 2 heteroatoms. The number of ether oxygens (including phenoxy) is 2. The minimum atomic E-state index is -0.0881. The molecule has 2 heterocycles. The summed E-state index contributed by atoms with van der Waals surface area (Å²) in [7, 11) is 0. The zero-order chi connectivity index (χ0) is 15.6. The molecule has 4 unspecified atom stereocenters. The highest BCUT2D eigenvalue weighted by molar-refractivity contribution is 5.43. The average Bonchev–Trinajstić information content (AvgIpc) is 2.74. The molecular weight excluding hydrogens is 272 g/mol. The topological polar surface area (TPSA) is 18.5 Å². The van der Waals surface area contributed by atoms with Crippen molar-refractivity contribution in [3.63, 3.8) is 0 Å². The number of hydrogen-bond donors (Lipinski definition) is 0. The van der Waals surface area contributed by atoms with Gasteiger partial charge in [-0.05, 0) is 44.7 Å². The summed E-state index contributed by atoms with van der Waals surface area (Å²) in [6.07, 6.45) is 1.51. The summed E-state index contributed by atoms with van der Waals surface area (Å²) >= 11 is 0.